The number of likely N-dealkylation sites (N-methyl/N-ethyl adjacent to an activating group) is 2. The number of halogens is 2. The van der Waals surface area contributed by atoms with Gasteiger partial charge in [-0.3, -0.25) is 19.3 Å². The van der Waals surface area contributed by atoms with E-state index in [0.29, 0.717) is 53.2 Å². The quantitative estimate of drug-likeness (QED) is 0.0190. The highest BCUT2D eigenvalue weighted by Crippen LogP contribution is 2.61. The Morgan fingerprint density at radius 3 is 1.34 bits per heavy atom. The fourth-order valence-electron chi connectivity index (χ4n) is 18.4. The summed E-state index contributed by atoms with van der Waals surface area (Å²) in [6.07, 6.45) is -4.11. The van der Waals surface area contributed by atoms with Crippen molar-refractivity contribution in [2.45, 2.75) is 87.1 Å². The maximum atomic E-state index is 13.6. The van der Waals surface area contributed by atoms with Gasteiger partial charge in [0.25, 0.3) is 0 Å². The fraction of sp³-hybridized carbons (Fsp3) is 0.471. The normalized spacial score (nSPS) is 27.4. The molecule has 8 aliphatic heterocycles. The van der Waals surface area contributed by atoms with Crippen LogP contribution in [0.2, 0.25) is 0 Å². The number of methoxy groups -OCH3 is 6. The summed E-state index contributed by atoms with van der Waals surface area (Å²) in [4.78, 5) is 45.7. The number of carbonyl (C=O) groups is 3. The summed E-state index contributed by atoms with van der Waals surface area (Å²) < 4.78 is 132. The van der Waals surface area contributed by atoms with Crippen molar-refractivity contribution in [1.29, 1.82) is 0 Å². The lowest BCUT2D eigenvalue weighted by Gasteiger charge is -2.50. The number of anilines is 1. The van der Waals surface area contributed by atoms with Crippen LogP contribution < -0.4 is 67.5 Å². The molecule has 0 bridgehead atoms. The Bertz CT molecular complexity index is 4840. The van der Waals surface area contributed by atoms with E-state index in [1.54, 1.807) is 60.4 Å². The second-order valence-electron chi connectivity index (χ2n) is 30.6. The molecule has 11 aliphatic rings. The summed E-state index contributed by atoms with van der Waals surface area (Å²) in [5.74, 6) is 0.123. The zero-order valence-corrected chi connectivity index (χ0v) is 67.6. The van der Waals surface area contributed by atoms with Crippen molar-refractivity contribution in [3.8, 4) is 86.2 Å². The summed E-state index contributed by atoms with van der Waals surface area (Å²) in [5, 5.41) is 50.1. The van der Waals surface area contributed by atoms with Crippen molar-refractivity contribution >= 4 is 32.6 Å². The molecule has 18 atom stereocenters. The predicted octanol–water partition coefficient (Wildman–Crippen LogP) is 10.4. The molecule has 31 nitrogen and oxygen atoms in total. The van der Waals surface area contributed by atoms with Crippen molar-refractivity contribution in [2.75, 3.05) is 143 Å². The number of carbonyl (C=O) groups excluding carboxylic acids is 3. The smallest absolute Gasteiger partial charge is 0.310 e. The molecule has 119 heavy (non-hydrogen) atoms. The van der Waals surface area contributed by atoms with Gasteiger partial charge in [-0.05, 0) is 182 Å². The van der Waals surface area contributed by atoms with E-state index in [4.69, 9.17) is 90.0 Å². The Morgan fingerprint density at radius 1 is 0.521 bits per heavy atom. The number of benzene rings is 7. The van der Waals surface area contributed by atoms with E-state index in [-0.39, 0.29) is 159 Å². The second-order valence-corrected chi connectivity index (χ2v) is 30.8. The second kappa shape index (κ2) is 35.8. The first-order chi connectivity index (χ1) is 57.0. The van der Waals surface area contributed by atoms with Crippen LogP contribution in [-0.4, -0.2) is 222 Å². The molecule has 6 unspecified atom stereocenters. The van der Waals surface area contributed by atoms with Crippen LogP contribution >= 0.6 is 9.03 Å². The van der Waals surface area contributed by atoms with Crippen LogP contribution in [0, 0.1) is 41.3 Å². The van der Waals surface area contributed by atoms with Gasteiger partial charge in [-0.2, -0.15) is 0 Å². The van der Waals surface area contributed by atoms with Gasteiger partial charge >= 0.3 is 17.9 Å². The molecular weight excluding hydrogens is 1580 g/mol. The van der Waals surface area contributed by atoms with E-state index in [1.165, 1.54) is 54.8 Å². The molecule has 8 heterocycles. The first-order valence-corrected chi connectivity index (χ1v) is 38.9. The van der Waals surface area contributed by atoms with Crippen LogP contribution in [0.1, 0.15) is 100 Å². The summed E-state index contributed by atoms with van der Waals surface area (Å²) in [6, 6.07) is 27.2. The SMILES string of the molecule is C.COc1cc([C@@H]2c3cc4c(cc3C(CNCCN(C)C)[C@H]3COC(=O)[C@H]23)OCO4)cc(OC)c1O.COc1cc([C@@H]2c3cc4c(cc3C(Nc3ccc(F)cc3)[C@H]3COC(=O)[C@H]23)OCO4)cc(OC)c1O.COc1cc([C@@H]2c3cc4c(cc3C(OC3OC5COC(C)O[C@H]5[C@H](O)[C@@H]3N(C)C)[C@H]3COC(=O)[C@H]23)OCO4)cc(OC)c1O.FN=P. The lowest BCUT2D eigenvalue weighted by Crippen LogP contribution is -2.66. The average Bonchev–Trinajstić information content (AvgIpc) is 1.68. The third-order valence-corrected chi connectivity index (χ3v) is 23.9. The van der Waals surface area contributed by atoms with Gasteiger partial charge in [0.15, 0.2) is 81.6 Å². The number of nitrogens with zero attached hydrogens (tertiary/aromatic N) is 3. The summed E-state index contributed by atoms with van der Waals surface area (Å²) in [5.41, 5.74) is 8.36. The maximum Gasteiger partial charge on any atom is 0.310 e. The van der Waals surface area contributed by atoms with E-state index < -0.39 is 72.6 Å². The molecule has 0 saturated carbocycles. The molecule has 34 heteroatoms. The molecule has 0 aromatic heterocycles. The molecule has 638 valence electrons. The molecule has 5 fully saturated rings. The van der Waals surface area contributed by atoms with Crippen LogP contribution in [-0.2, 0) is 47.5 Å². The van der Waals surface area contributed by atoms with E-state index in [2.05, 4.69) is 30.6 Å². The molecule has 5 saturated heterocycles. The minimum Gasteiger partial charge on any atom is -0.502 e. The molecular formula is C85H98F2N5O26P. The fourth-order valence-corrected chi connectivity index (χ4v) is 18.4. The molecule has 7 aromatic carbocycles. The number of hydrogen-bond acceptors (Lipinski definition) is 31. The minimum absolute atomic E-state index is 0. The standard InChI is InChI=1S/C31H37NO12.C27H24FNO7.C26H32N2O7.CH4.FHNP/c1-13-38-11-22-29(42-13)27(34)25(32(2)3)31(43-22)44-28-16-9-19-18(40-12-41-19)8-15(16)23(24-17(28)10-39-30(24)35)14-6-20(36-4)26(33)21(7-14)37-5;1-32-21-7-13(8-22(33-2)26(21)30)23-16-9-19-20(36-12-35-19)10-17(16)25(18-11-34-27(31)24(18)23)29-15-5-3-14(28)4-6-15;1-28(2)6-5-27-11-17-15-9-19-20(35-13-34-19)10-16(15)23(24-18(17)12-33-26(24)30)14-7-21(31-3)25(29)22(8-14)32-4;;1-2-3/h6-9,13,17,22-25,27-29,31,33-34H,10-12H2,1-5H3;3-10,18,23-25,29-30H,11-12H2,1-2H3;7-10,17-18,23-24,27,29H,5-6,11-13H2,1-4H3;1H4;3H/t13?,17-,22?,23+,24-,25-,27+,28?,29+,31?;18-,23+,24-,25?;17?,18-,23-,24+;;/m001../s1. The van der Waals surface area contributed by atoms with Gasteiger partial charge in [-0.1, -0.05) is 16.9 Å². The Labute approximate surface area is 687 Å². The van der Waals surface area contributed by atoms with Crippen molar-refractivity contribution in [2.24, 2.45) is 40.5 Å². The molecule has 3 aliphatic carbocycles. The number of rotatable bonds is 19. The van der Waals surface area contributed by atoms with Crippen LogP contribution in [0.4, 0.5) is 14.6 Å². The molecule has 7 aromatic rings. The van der Waals surface area contributed by atoms with Gasteiger partial charge in [0.05, 0.1) is 105 Å². The third-order valence-electron chi connectivity index (χ3n) is 23.9. The number of phenols is 3. The van der Waals surface area contributed by atoms with Crippen LogP contribution in [0.25, 0.3) is 0 Å². The number of nitrogens with one attached hydrogen (secondary N) is 2. The van der Waals surface area contributed by atoms with Crippen LogP contribution in [0.5, 0.6) is 86.2 Å². The van der Waals surface area contributed by atoms with Crippen LogP contribution in [0.15, 0.2) is 102 Å². The molecule has 0 radical (unpaired) electrons. The van der Waals surface area contributed by atoms with Crippen molar-refractivity contribution in [1.82, 2.24) is 15.1 Å². The van der Waals surface area contributed by atoms with Gasteiger partial charge in [-0.15, -0.1) is 0 Å². The Morgan fingerprint density at radius 2 is 0.908 bits per heavy atom. The topological polar surface area (TPSA) is 350 Å². The first kappa shape index (κ1) is 84.8. The number of phenolic OH excluding ortho intramolecular Hbond substituents is 3. The zero-order chi connectivity index (χ0) is 83.2. The maximum absolute atomic E-state index is 13.6. The van der Waals surface area contributed by atoms with Crippen molar-refractivity contribution < 1.29 is 134 Å². The highest BCUT2D eigenvalue weighted by atomic mass is 31.0. The molecule has 0 spiro atoms. The first-order valence-electron chi connectivity index (χ1n) is 38.4. The summed E-state index contributed by atoms with van der Waals surface area (Å²) >= 11 is 0. The summed E-state index contributed by atoms with van der Waals surface area (Å²) in [6.45, 7) is 5.53. The highest BCUT2D eigenvalue weighted by molar-refractivity contribution is 7.03. The Hall–Kier alpha value is -10.6. The number of aromatic hydroxyl groups is 3. The van der Waals surface area contributed by atoms with Crippen LogP contribution in [0.3, 0.4) is 0 Å². The molecule has 0 amide bonds. The monoisotopic (exact) mass is 1670 g/mol. The minimum atomic E-state index is -0.929. The Kier molecular flexibility index (Phi) is 25.5. The van der Waals surface area contributed by atoms with Gasteiger partial charge < -0.3 is 126 Å². The van der Waals surface area contributed by atoms with E-state index in [1.807, 2.05) is 63.4 Å². The predicted molar refractivity (Wildman–Crippen MR) is 422 cm³/mol. The number of fused-ring (bicyclic) bond motifs is 10. The lowest BCUT2D eigenvalue weighted by atomic mass is 9.62. The van der Waals surface area contributed by atoms with Crippen molar-refractivity contribution in [3.05, 3.63) is 153 Å². The number of ether oxygens (including phenoxy) is 19. The number of hydrogen-bond donors (Lipinski definition) is 6. The summed E-state index contributed by atoms with van der Waals surface area (Å²) in [7, 11) is 18.7. The largest absolute Gasteiger partial charge is 0.502 e. The third kappa shape index (κ3) is 16.1. The van der Waals surface area contributed by atoms with Gasteiger partial charge in [0, 0.05) is 75.8 Å². The highest BCUT2D eigenvalue weighted by Gasteiger charge is 2.59. The van der Waals surface area contributed by atoms with E-state index in [9.17, 15) is 43.7 Å². The zero-order valence-electron chi connectivity index (χ0n) is 66.6. The van der Waals surface area contributed by atoms with Gasteiger partial charge in [-0.25, -0.2) is 4.39 Å². The average molecular weight is 1670 g/mol. The van der Waals surface area contributed by atoms with Gasteiger partial charge in [0.1, 0.15) is 24.1 Å². The number of cyclic esters (lactones) is 3. The number of esters is 3. The van der Waals surface area contributed by atoms with E-state index in [0.717, 1.165) is 63.3 Å². The lowest BCUT2D eigenvalue weighted by molar-refractivity contribution is -0.354. The van der Waals surface area contributed by atoms with Gasteiger partial charge in [0.2, 0.25) is 37.6 Å². The van der Waals surface area contributed by atoms with Crippen molar-refractivity contribution in [3.63, 3.8) is 0 Å². The molecule has 18 rings (SSSR count). The molecule has 6 N–H and O–H groups in total. The number of aliphatic hydroxyl groups excluding tert-OH is 1. The Balaban J connectivity index is 0.000000145. The number of aliphatic hydroxyl groups is 1. The van der Waals surface area contributed by atoms with E-state index >= 15 is 0 Å².